The molecule has 0 aromatic rings. The Labute approximate surface area is 102 Å². The minimum atomic E-state index is -4.39. The molecule has 2 N–H and O–H groups in total. The largest absolute Gasteiger partial charge is 0.481 e. The fourth-order valence-corrected chi connectivity index (χ4v) is 0.990. The molecule has 0 radical (unpaired) electrons. The first kappa shape index (κ1) is 16.7. The number of rotatable bonds is 7. The molecule has 0 aliphatic carbocycles. The van der Waals surface area contributed by atoms with Crippen molar-refractivity contribution < 1.29 is 32.6 Å². The highest BCUT2D eigenvalue weighted by molar-refractivity contribution is 5.84. The maximum Gasteiger partial charge on any atom is 0.411 e. The van der Waals surface area contributed by atoms with Gasteiger partial charge in [-0.05, 0) is 13.8 Å². The van der Waals surface area contributed by atoms with Gasteiger partial charge in [0.15, 0.2) is 0 Å². The minimum absolute atomic E-state index is 0.0926. The molecule has 0 heterocycles. The lowest BCUT2D eigenvalue weighted by atomic mass is 9.89. The molecule has 18 heavy (non-hydrogen) atoms. The van der Waals surface area contributed by atoms with E-state index < -0.39 is 30.1 Å². The Bertz CT molecular complexity index is 302. The van der Waals surface area contributed by atoms with Crippen LogP contribution < -0.4 is 5.32 Å². The van der Waals surface area contributed by atoms with Gasteiger partial charge in [-0.15, -0.1) is 0 Å². The van der Waals surface area contributed by atoms with Crippen LogP contribution >= 0.6 is 0 Å². The Balaban J connectivity index is 3.76. The van der Waals surface area contributed by atoms with Crippen molar-refractivity contribution >= 4 is 11.9 Å². The molecule has 0 spiro atoms. The van der Waals surface area contributed by atoms with Crippen molar-refractivity contribution in [3.05, 3.63) is 0 Å². The number of amides is 1. The van der Waals surface area contributed by atoms with Crippen molar-refractivity contribution in [3.63, 3.8) is 0 Å². The molecule has 0 unspecified atom stereocenters. The number of carbonyl (C=O) groups is 2. The number of nitrogens with one attached hydrogen (secondary N) is 1. The van der Waals surface area contributed by atoms with Crippen LogP contribution in [-0.2, 0) is 14.3 Å². The lowest BCUT2D eigenvalue weighted by Crippen LogP contribution is -2.35. The smallest absolute Gasteiger partial charge is 0.411 e. The summed E-state index contributed by atoms with van der Waals surface area (Å²) < 4.78 is 39.3. The van der Waals surface area contributed by atoms with Gasteiger partial charge in [-0.1, -0.05) is 0 Å². The molecular formula is C10H16F3NO4. The number of hydrogen-bond donors (Lipinski definition) is 2. The molecule has 0 rings (SSSR count). The second-order valence-corrected chi connectivity index (χ2v) is 4.38. The second-order valence-electron chi connectivity index (χ2n) is 4.38. The number of carboxylic acid groups (broad SMARTS) is 1. The molecule has 1 amide bonds. The monoisotopic (exact) mass is 271 g/mol. The van der Waals surface area contributed by atoms with Crippen molar-refractivity contribution in [3.8, 4) is 0 Å². The summed E-state index contributed by atoms with van der Waals surface area (Å²) in [5.74, 6) is -1.66. The van der Waals surface area contributed by atoms with Crippen molar-refractivity contribution in [1.82, 2.24) is 5.32 Å². The number of aliphatic carboxylic acids is 1. The highest BCUT2D eigenvalue weighted by Gasteiger charge is 2.30. The molecule has 0 saturated heterocycles. The van der Waals surface area contributed by atoms with E-state index in [-0.39, 0.29) is 19.6 Å². The predicted octanol–water partition coefficient (Wildman–Crippen LogP) is 1.18. The number of halogens is 3. The molecule has 0 bridgehead atoms. The zero-order valence-corrected chi connectivity index (χ0v) is 10.1. The van der Waals surface area contributed by atoms with E-state index in [4.69, 9.17) is 5.11 Å². The maximum absolute atomic E-state index is 11.7. The summed E-state index contributed by atoms with van der Waals surface area (Å²) in [6, 6.07) is 0. The van der Waals surface area contributed by atoms with Crippen LogP contribution in [-0.4, -0.2) is 42.9 Å². The van der Waals surface area contributed by atoms with E-state index in [0.29, 0.717) is 0 Å². The van der Waals surface area contributed by atoms with Crippen molar-refractivity contribution in [2.45, 2.75) is 26.4 Å². The lowest BCUT2D eigenvalue weighted by molar-refractivity contribution is -0.173. The Morgan fingerprint density at radius 2 is 1.83 bits per heavy atom. The summed E-state index contributed by atoms with van der Waals surface area (Å²) in [5, 5.41) is 11.0. The highest BCUT2D eigenvalue weighted by Crippen LogP contribution is 2.19. The number of hydrogen-bond acceptors (Lipinski definition) is 3. The third kappa shape index (κ3) is 7.88. The summed E-state index contributed by atoms with van der Waals surface area (Å²) in [6.45, 7) is 1.02. The van der Waals surface area contributed by atoms with Crippen LogP contribution in [0.15, 0.2) is 0 Å². The van der Waals surface area contributed by atoms with Gasteiger partial charge in [0.2, 0.25) is 5.91 Å². The molecule has 5 nitrogen and oxygen atoms in total. The fourth-order valence-electron chi connectivity index (χ4n) is 0.990. The van der Waals surface area contributed by atoms with Gasteiger partial charge in [0.05, 0.1) is 12.0 Å². The van der Waals surface area contributed by atoms with Crippen LogP contribution in [0.25, 0.3) is 0 Å². The van der Waals surface area contributed by atoms with Gasteiger partial charge in [0.25, 0.3) is 0 Å². The van der Waals surface area contributed by atoms with Gasteiger partial charge in [0, 0.05) is 13.0 Å². The number of carboxylic acids is 1. The van der Waals surface area contributed by atoms with E-state index in [2.05, 4.69) is 10.1 Å². The van der Waals surface area contributed by atoms with E-state index in [1.165, 1.54) is 13.8 Å². The van der Waals surface area contributed by atoms with Crippen molar-refractivity contribution in [2.24, 2.45) is 5.41 Å². The second kappa shape index (κ2) is 6.58. The molecule has 0 fully saturated rings. The molecule has 0 aromatic heterocycles. The Hall–Kier alpha value is -1.31. The van der Waals surface area contributed by atoms with Crippen LogP contribution in [0.5, 0.6) is 0 Å². The quantitative estimate of drug-likeness (QED) is 0.682. The number of ether oxygens (including phenoxy) is 1. The van der Waals surface area contributed by atoms with Crippen LogP contribution in [0.4, 0.5) is 13.2 Å². The van der Waals surface area contributed by atoms with Gasteiger partial charge in [-0.3, -0.25) is 9.59 Å². The molecule has 0 aromatic carbocycles. The average molecular weight is 271 g/mol. The average Bonchev–Trinajstić information content (AvgIpc) is 2.14. The summed E-state index contributed by atoms with van der Waals surface area (Å²) in [6.07, 6.45) is -4.64. The normalized spacial score (nSPS) is 12.3. The van der Waals surface area contributed by atoms with Crippen LogP contribution in [0.2, 0.25) is 0 Å². The Kier molecular flexibility index (Phi) is 6.10. The maximum atomic E-state index is 11.7. The first-order valence-corrected chi connectivity index (χ1v) is 5.19. The predicted molar refractivity (Wildman–Crippen MR) is 55.9 cm³/mol. The number of carbonyl (C=O) groups excluding carboxylic acids is 1. The molecule has 0 atom stereocenters. The fraction of sp³-hybridized carbons (Fsp3) is 0.800. The van der Waals surface area contributed by atoms with Gasteiger partial charge in [-0.25, -0.2) is 0 Å². The van der Waals surface area contributed by atoms with E-state index >= 15 is 0 Å². The first-order valence-electron chi connectivity index (χ1n) is 5.19. The third-order valence-electron chi connectivity index (χ3n) is 2.02. The van der Waals surface area contributed by atoms with Crippen molar-refractivity contribution in [2.75, 3.05) is 19.8 Å². The van der Waals surface area contributed by atoms with E-state index in [9.17, 15) is 22.8 Å². The Morgan fingerprint density at radius 3 is 2.28 bits per heavy atom. The van der Waals surface area contributed by atoms with Crippen LogP contribution in [0.1, 0.15) is 20.3 Å². The Morgan fingerprint density at radius 1 is 1.28 bits per heavy atom. The standard InChI is InChI=1S/C10H16F3NO4/c1-9(2,8(16)17)5-7(15)14-3-4-18-6-10(11,12)13/h3-6H2,1-2H3,(H,14,15)(H,16,17). The summed E-state index contributed by atoms with van der Waals surface area (Å²) in [7, 11) is 0. The first-order chi connectivity index (χ1) is 8.04. The summed E-state index contributed by atoms with van der Waals surface area (Å²) >= 11 is 0. The van der Waals surface area contributed by atoms with Gasteiger partial charge in [0.1, 0.15) is 6.61 Å². The van der Waals surface area contributed by atoms with Gasteiger partial charge in [-0.2, -0.15) is 13.2 Å². The highest BCUT2D eigenvalue weighted by atomic mass is 19.4. The van der Waals surface area contributed by atoms with Crippen molar-refractivity contribution in [1.29, 1.82) is 0 Å². The van der Waals surface area contributed by atoms with Crippen LogP contribution in [0, 0.1) is 5.41 Å². The lowest BCUT2D eigenvalue weighted by Gasteiger charge is -2.18. The zero-order valence-electron chi connectivity index (χ0n) is 10.1. The molecule has 106 valence electrons. The van der Waals surface area contributed by atoms with Crippen LogP contribution in [0.3, 0.4) is 0 Å². The SMILES string of the molecule is CC(C)(CC(=O)NCCOCC(F)(F)F)C(=O)O. The molecule has 0 saturated carbocycles. The molecule has 0 aliphatic rings. The van der Waals surface area contributed by atoms with Gasteiger partial charge >= 0.3 is 12.1 Å². The topological polar surface area (TPSA) is 75.6 Å². The molecule has 0 aliphatic heterocycles. The molecule has 8 heteroatoms. The summed E-state index contributed by atoms with van der Waals surface area (Å²) in [4.78, 5) is 22.0. The minimum Gasteiger partial charge on any atom is -0.481 e. The van der Waals surface area contributed by atoms with E-state index in [1.807, 2.05) is 0 Å². The van der Waals surface area contributed by atoms with E-state index in [0.717, 1.165) is 0 Å². The van der Waals surface area contributed by atoms with E-state index in [1.54, 1.807) is 0 Å². The third-order valence-corrected chi connectivity index (χ3v) is 2.02. The van der Waals surface area contributed by atoms with Gasteiger partial charge < -0.3 is 15.2 Å². The molecular weight excluding hydrogens is 255 g/mol. The zero-order chi connectivity index (χ0) is 14.4. The summed E-state index contributed by atoms with van der Waals surface area (Å²) in [5.41, 5.74) is -1.21. The number of alkyl halides is 3.